The van der Waals surface area contributed by atoms with Crippen molar-refractivity contribution in [3.63, 3.8) is 0 Å². The zero-order valence-electron chi connectivity index (χ0n) is 10.3. The molecule has 1 unspecified atom stereocenters. The van der Waals surface area contributed by atoms with Gasteiger partial charge in [-0.25, -0.2) is 13.1 Å². The number of hydrogen-bond acceptors (Lipinski definition) is 4. The molecule has 4 nitrogen and oxygen atoms in total. The molecule has 1 aromatic carbocycles. The van der Waals surface area contributed by atoms with Crippen molar-refractivity contribution in [1.82, 2.24) is 4.72 Å². The van der Waals surface area contributed by atoms with Crippen molar-refractivity contribution >= 4 is 43.4 Å². The second kappa shape index (κ2) is 6.79. The Kier molecular flexibility index (Phi) is 5.97. The zero-order chi connectivity index (χ0) is 13.8. The van der Waals surface area contributed by atoms with Crippen LogP contribution in [0.4, 0.5) is 5.69 Å². The monoisotopic (exact) mass is 352 g/mol. The Hall–Kier alpha value is -0.240. The summed E-state index contributed by atoms with van der Waals surface area (Å²) in [4.78, 5) is 0.219. The average Bonchev–Trinajstić information content (AvgIpc) is 2.29. The summed E-state index contributed by atoms with van der Waals surface area (Å²) in [7, 11) is -3.48. The number of hydrogen-bond donors (Lipinski definition) is 2. The minimum Gasteiger partial charge on any atom is -0.398 e. The Bertz CT molecular complexity index is 506. The molecule has 0 saturated heterocycles. The van der Waals surface area contributed by atoms with Gasteiger partial charge in [0.15, 0.2) is 0 Å². The van der Waals surface area contributed by atoms with Gasteiger partial charge in [-0.2, -0.15) is 11.8 Å². The average molecular weight is 353 g/mol. The zero-order valence-corrected chi connectivity index (χ0v) is 13.5. The van der Waals surface area contributed by atoms with Crippen molar-refractivity contribution < 1.29 is 8.42 Å². The standard InChI is InChI=1S/C11H17BrN2O2S2/c1-3-17-7-8(2)14-18(15,16)9-4-5-11(13)10(12)6-9/h4-6,8,14H,3,7,13H2,1-2H3. The third kappa shape index (κ3) is 4.46. The van der Waals surface area contributed by atoms with E-state index in [0.29, 0.717) is 10.2 Å². The van der Waals surface area contributed by atoms with Gasteiger partial charge in [-0.15, -0.1) is 0 Å². The van der Waals surface area contributed by atoms with E-state index >= 15 is 0 Å². The molecule has 7 heteroatoms. The number of thioether (sulfide) groups is 1. The lowest BCUT2D eigenvalue weighted by molar-refractivity contribution is 0.571. The largest absolute Gasteiger partial charge is 0.398 e. The van der Waals surface area contributed by atoms with Crippen LogP contribution in [-0.2, 0) is 10.0 Å². The molecule has 1 rings (SSSR count). The molecule has 0 aromatic heterocycles. The van der Waals surface area contributed by atoms with Gasteiger partial charge < -0.3 is 5.73 Å². The van der Waals surface area contributed by atoms with Crippen molar-refractivity contribution in [1.29, 1.82) is 0 Å². The van der Waals surface area contributed by atoms with Gasteiger partial charge in [-0.3, -0.25) is 0 Å². The number of benzene rings is 1. The Morgan fingerprint density at radius 3 is 2.72 bits per heavy atom. The molecular weight excluding hydrogens is 336 g/mol. The molecule has 0 fully saturated rings. The summed E-state index contributed by atoms with van der Waals surface area (Å²) in [5.74, 6) is 1.73. The lowest BCUT2D eigenvalue weighted by Gasteiger charge is -2.14. The predicted octanol–water partition coefficient (Wildman–Crippen LogP) is 2.45. The fourth-order valence-electron chi connectivity index (χ4n) is 1.34. The first-order chi connectivity index (χ1) is 8.36. The Morgan fingerprint density at radius 1 is 1.50 bits per heavy atom. The molecule has 0 bridgehead atoms. The molecule has 0 heterocycles. The van der Waals surface area contributed by atoms with Crippen molar-refractivity contribution in [3.8, 4) is 0 Å². The molecule has 1 atom stereocenters. The Balaban J connectivity index is 2.83. The van der Waals surface area contributed by atoms with Crippen LogP contribution in [0.1, 0.15) is 13.8 Å². The summed E-state index contributed by atoms with van der Waals surface area (Å²) < 4.78 is 27.4. The van der Waals surface area contributed by atoms with Crippen molar-refractivity contribution in [3.05, 3.63) is 22.7 Å². The van der Waals surface area contributed by atoms with E-state index in [9.17, 15) is 8.42 Å². The summed E-state index contributed by atoms with van der Waals surface area (Å²) in [6.07, 6.45) is 0. The van der Waals surface area contributed by atoms with Crippen molar-refractivity contribution in [2.45, 2.75) is 24.8 Å². The lowest BCUT2D eigenvalue weighted by atomic mass is 10.3. The maximum absolute atomic E-state index is 12.1. The molecule has 3 N–H and O–H groups in total. The summed E-state index contributed by atoms with van der Waals surface area (Å²) in [5, 5.41) is 0. The van der Waals surface area contributed by atoms with E-state index in [1.54, 1.807) is 17.8 Å². The minimum atomic E-state index is -3.48. The van der Waals surface area contributed by atoms with Gasteiger partial charge in [-0.05, 0) is 46.8 Å². The first-order valence-corrected chi connectivity index (χ1v) is 8.95. The maximum atomic E-state index is 12.1. The molecule has 0 spiro atoms. The molecule has 0 saturated carbocycles. The van der Waals surface area contributed by atoms with E-state index in [-0.39, 0.29) is 10.9 Å². The fourth-order valence-corrected chi connectivity index (χ4v) is 3.91. The highest BCUT2D eigenvalue weighted by Crippen LogP contribution is 2.23. The maximum Gasteiger partial charge on any atom is 0.240 e. The second-order valence-corrected chi connectivity index (χ2v) is 7.75. The normalized spacial score (nSPS) is 13.5. The number of nitrogens with two attached hydrogens (primary N) is 1. The molecule has 1 aromatic rings. The van der Waals surface area contributed by atoms with Gasteiger partial charge >= 0.3 is 0 Å². The SMILES string of the molecule is CCSCC(C)NS(=O)(=O)c1ccc(N)c(Br)c1. The Labute approximate surface area is 121 Å². The molecule has 0 aliphatic carbocycles. The van der Waals surface area contributed by atoms with Crippen LogP contribution in [-0.4, -0.2) is 26.0 Å². The smallest absolute Gasteiger partial charge is 0.240 e. The van der Waals surface area contributed by atoms with E-state index in [1.807, 2.05) is 13.8 Å². The number of halogens is 1. The number of anilines is 1. The first-order valence-electron chi connectivity index (χ1n) is 5.52. The lowest BCUT2D eigenvalue weighted by Crippen LogP contribution is -2.34. The van der Waals surface area contributed by atoms with Gasteiger partial charge in [0.2, 0.25) is 10.0 Å². The highest BCUT2D eigenvalue weighted by atomic mass is 79.9. The molecular formula is C11H17BrN2O2S2. The van der Waals surface area contributed by atoms with E-state index in [4.69, 9.17) is 5.73 Å². The molecule has 0 aliphatic rings. The molecule has 0 radical (unpaired) electrons. The van der Waals surface area contributed by atoms with Crippen LogP contribution in [0, 0.1) is 0 Å². The highest BCUT2D eigenvalue weighted by molar-refractivity contribution is 9.10. The van der Waals surface area contributed by atoms with Crippen LogP contribution >= 0.6 is 27.7 Å². The first kappa shape index (κ1) is 15.8. The van der Waals surface area contributed by atoms with Crippen LogP contribution in [0.5, 0.6) is 0 Å². The summed E-state index contributed by atoms with van der Waals surface area (Å²) >= 11 is 4.93. The highest BCUT2D eigenvalue weighted by Gasteiger charge is 2.17. The summed E-state index contributed by atoms with van der Waals surface area (Å²) in [6.45, 7) is 3.90. The molecule has 18 heavy (non-hydrogen) atoms. The van der Waals surface area contributed by atoms with E-state index in [0.717, 1.165) is 11.5 Å². The Morgan fingerprint density at radius 2 is 2.17 bits per heavy atom. The summed E-state index contributed by atoms with van der Waals surface area (Å²) in [6, 6.07) is 4.49. The van der Waals surface area contributed by atoms with E-state index < -0.39 is 10.0 Å². The number of nitrogens with one attached hydrogen (secondary N) is 1. The predicted molar refractivity (Wildman–Crippen MR) is 81.3 cm³/mol. The van der Waals surface area contributed by atoms with Crippen LogP contribution in [0.15, 0.2) is 27.6 Å². The third-order valence-corrected chi connectivity index (χ3v) is 5.63. The van der Waals surface area contributed by atoms with Gasteiger partial charge in [0.25, 0.3) is 0 Å². The van der Waals surface area contributed by atoms with Crippen molar-refractivity contribution in [2.75, 3.05) is 17.2 Å². The molecule has 0 aliphatic heterocycles. The summed E-state index contributed by atoms with van der Waals surface area (Å²) in [5.41, 5.74) is 6.15. The topological polar surface area (TPSA) is 72.2 Å². The molecule has 0 amide bonds. The third-order valence-electron chi connectivity index (χ3n) is 2.21. The van der Waals surface area contributed by atoms with Crippen molar-refractivity contribution in [2.24, 2.45) is 0 Å². The van der Waals surface area contributed by atoms with E-state index in [1.165, 1.54) is 12.1 Å². The second-order valence-electron chi connectivity index (χ2n) is 3.87. The van der Waals surface area contributed by atoms with Gasteiger partial charge in [0.1, 0.15) is 0 Å². The quantitative estimate of drug-likeness (QED) is 0.771. The molecule has 102 valence electrons. The number of nitrogen functional groups attached to an aromatic ring is 1. The van der Waals surface area contributed by atoms with Crippen LogP contribution in [0.25, 0.3) is 0 Å². The van der Waals surface area contributed by atoms with Gasteiger partial charge in [0.05, 0.1) is 4.90 Å². The fraction of sp³-hybridized carbons (Fsp3) is 0.455. The number of rotatable bonds is 6. The number of sulfonamides is 1. The van der Waals surface area contributed by atoms with Crippen LogP contribution in [0.2, 0.25) is 0 Å². The van der Waals surface area contributed by atoms with E-state index in [2.05, 4.69) is 20.7 Å². The van der Waals surface area contributed by atoms with Crippen LogP contribution in [0.3, 0.4) is 0 Å². The minimum absolute atomic E-state index is 0.101. The van der Waals surface area contributed by atoms with Gasteiger partial charge in [-0.1, -0.05) is 6.92 Å². The van der Waals surface area contributed by atoms with Crippen LogP contribution < -0.4 is 10.5 Å². The van der Waals surface area contributed by atoms with Gasteiger partial charge in [0, 0.05) is 22.0 Å².